The highest BCUT2D eigenvalue weighted by atomic mass is 32.2. The fourth-order valence-corrected chi connectivity index (χ4v) is 12.5. The Kier molecular flexibility index (Phi) is 14.3. The number of sulfonamides is 2. The van der Waals surface area contributed by atoms with Crippen LogP contribution < -0.4 is 0 Å². The van der Waals surface area contributed by atoms with Gasteiger partial charge in [0, 0.05) is 22.3 Å². The van der Waals surface area contributed by atoms with Gasteiger partial charge in [0.25, 0.3) is 0 Å². The van der Waals surface area contributed by atoms with Crippen LogP contribution in [0, 0.1) is 11.8 Å². The van der Waals surface area contributed by atoms with Gasteiger partial charge in [-0.1, -0.05) is 148 Å². The molecule has 2 saturated heterocycles. The molecule has 362 valence electrons. The van der Waals surface area contributed by atoms with Crippen LogP contribution in [0.3, 0.4) is 0 Å². The number of nitrogens with zero attached hydrogens (tertiary/aromatic N) is 2. The minimum Gasteiger partial charge on any atom is -0.507 e. The first kappa shape index (κ1) is 51.6. The van der Waals surface area contributed by atoms with E-state index in [9.17, 15) is 27.0 Å². The lowest BCUT2D eigenvalue weighted by Crippen LogP contribution is -2.41. The van der Waals surface area contributed by atoms with Crippen LogP contribution >= 0.6 is 0 Å². The minimum atomic E-state index is -4.20. The Morgan fingerprint density at radius 2 is 0.803 bits per heavy atom. The van der Waals surface area contributed by atoms with Crippen LogP contribution in [-0.4, -0.2) is 61.0 Å². The van der Waals surface area contributed by atoms with Crippen molar-refractivity contribution in [3.05, 3.63) is 106 Å². The molecule has 4 aromatic rings. The zero-order chi connectivity index (χ0) is 49.3. The van der Waals surface area contributed by atoms with E-state index in [2.05, 4.69) is 41.5 Å². The topological polar surface area (TPSA) is 134 Å². The molecule has 2 aliphatic rings. The fraction of sp³-hybridized carbons (Fsp3) is 0.556. The summed E-state index contributed by atoms with van der Waals surface area (Å²) >= 11 is 0. The van der Waals surface area contributed by atoms with E-state index in [0.29, 0.717) is 12.8 Å². The molecule has 2 aliphatic heterocycles. The van der Waals surface area contributed by atoms with Gasteiger partial charge in [0.05, 0.1) is 35.1 Å². The molecule has 2 heterocycles. The Hall–Kier alpha value is -3.78. The number of phenolic OH excluding ortho intramolecular Hbond substituents is 2. The largest absolute Gasteiger partial charge is 0.507 e. The van der Waals surface area contributed by atoms with E-state index in [0.717, 1.165) is 22.3 Å². The Morgan fingerprint density at radius 1 is 0.515 bits per heavy atom. The summed E-state index contributed by atoms with van der Waals surface area (Å²) in [6.07, 6.45) is -1.02. The predicted octanol–water partition coefficient (Wildman–Crippen LogP) is 12.2. The Bertz CT molecular complexity index is 2430. The van der Waals surface area contributed by atoms with E-state index in [1.807, 2.05) is 118 Å². The predicted molar refractivity (Wildman–Crippen MR) is 265 cm³/mol. The van der Waals surface area contributed by atoms with Gasteiger partial charge >= 0.3 is 0 Å². The molecule has 0 bridgehead atoms. The molecule has 4 aromatic carbocycles. The van der Waals surface area contributed by atoms with Gasteiger partial charge in [-0.05, 0) is 104 Å². The smallest absolute Gasteiger partial charge is 0.245 e. The highest BCUT2D eigenvalue weighted by Gasteiger charge is 2.49. The lowest BCUT2D eigenvalue weighted by Gasteiger charge is -2.33. The standard InChI is InChI=1S/C54H76N2O8S2/c1-17-33(3)45-31-63-49(55(45)65(59,60)39-23-19-35(20-24-39)51(5,6)7)43-29-37(53(11,12)13)27-41(47(43)57)42-28-38(54(14,15)16)30-44(48(42)58)50-56(46(32-64-50)34(4)18-2)66(61,62)40-25-21-36(22-26-40)52(8,9)10/h19-30,33-34,45-46,49-50,57-58H,17-18,31-32H2,1-16H3/t33?,34?,45-,46-,49+,50+/m1/s1. The van der Waals surface area contributed by atoms with Crippen LogP contribution in [0.4, 0.5) is 0 Å². The molecule has 66 heavy (non-hydrogen) atoms. The van der Waals surface area contributed by atoms with Gasteiger partial charge in [-0.25, -0.2) is 16.8 Å². The average Bonchev–Trinajstić information content (AvgIpc) is 3.89. The fourth-order valence-electron chi connectivity index (χ4n) is 8.92. The maximum atomic E-state index is 15.0. The number of rotatable bonds is 11. The van der Waals surface area contributed by atoms with Crippen LogP contribution in [0.5, 0.6) is 11.5 Å². The zero-order valence-corrected chi connectivity index (χ0v) is 43.9. The second kappa shape index (κ2) is 18.3. The summed E-state index contributed by atoms with van der Waals surface area (Å²) in [5.74, 6) is -0.659. The summed E-state index contributed by atoms with van der Waals surface area (Å²) < 4.78 is 75.8. The molecule has 12 heteroatoms. The number of aromatic hydroxyl groups is 2. The van der Waals surface area contributed by atoms with E-state index < -0.39 is 55.4 Å². The molecule has 2 unspecified atom stereocenters. The van der Waals surface area contributed by atoms with Crippen LogP contribution in [0.2, 0.25) is 0 Å². The van der Waals surface area contributed by atoms with Gasteiger partial charge in [0.2, 0.25) is 20.0 Å². The zero-order valence-electron chi connectivity index (χ0n) is 42.3. The highest BCUT2D eigenvalue weighted by molar-refractivity contribution is 7.89. The highest BCUT2D eigenvalue weighted by Crippen LogP contribution is 2.52. The monoisotopic (exact) mass is 945 g/mol. The van der Waals surface area contributed by atoms with E-state index >= 15 is 0 Å². The van der Waals surface area contributed by atoms with Crippen molar-refractivity contribution in [2.75, 3.05) is 13.2 Å². The third kappa shape index (κ3) is 9.88. The Morgan fingerprint density at radius 3 is 1.06 bits per heavy atom. The normalized spacial score (nSPS) is 21.6. The van der Waals surface area contributed by atoms with Gasteiger partial charge < -0.3 is 19.7 Å². The molecule has 0 aliphatic carbocycles. The van der Waals surface area contributed by atoms with E-state index in [1.165, 1.54) is 8.61 Å². The SMILES string of the molecule is CCC(C)[C@H]1CO[C@@H](c2cc(C(C)(C)C)cc(-c3cc(C(C)(C)C)cc([C@@H]4OC[C@H](C(C)CC)N4S(=O)(=O)c4ccc(C(C)(C)C)cc4)c3O)c2O)N1S(=O)(=O)c1ccc(C(C)(C)C)cc1. The van der Waals surface area contributed by atoms with Crippen molar-refractivity contribution >= 4 is 20.0 Å². The van der Waals surface area contributed by atoms with E-state index in [1.54, 1.807) is 24.3 Å². The molecule has 0 amide bonds. The molecule has 0 radical (unpaired) electrons. The molecule has 6 rings (SSSR count). The van der Waals surface area contributed by atoms with Gasteiger partial charge in [0.15, 0.2) is 12.5 Å². The summed E-state index contributed by atoms with van der Waals surface area (Å²) in [7, 11) is -8.39. The van der Waals surface area contributed by atoms with Crippen molar-refractivity contribution in [3.8, 4) is 22.6 Å². The molecule has 0 aromatic heterocycles. The number of hydrogen-bond acceptors (Lipinski definition) is 8. The molecule has 2 fully saturated rings. The lowest BCUT2D eigenvalue weighted by atomic mass is 9.80. The first-order chi connectivity index (χ1) is 30.3. The van der Waals surface area contributed by atoms with Crippen LogP contribution in [0.25, 0.3) is 11.1 Å². The summed E-state index contributed by atoms with van der Waals surface area (Å²) in [6, 6.07) is 20.2. The summed E-state index contributed by atoms with van der Waals surface area (Å²) in [4.78, 5) is 0.256. The molecule has 0 saturated carbocycles. The van der Waals surface area contributed by atoms with Crippen molar-refractivity contribution in [2.24, 2.45) is 11.8 Å². The first-order valence-electron chi connectivity index (χ1n) is 23.6. The summed E-state index contributed by atoms with van der Waals surface area (Å²) in [6.45, 7) is 33.0. The van der Waals surface area contributed by atoms with Crippen LogP contribution in [0.15, 0.2) is 82.6 Å². The van der Waals surface area contributed by atoms with Crippen molar-refractivity contribution in [3.63, 3.8) is 0 Å². The van der Waals surface area contributed by atoms with Crippen molar-refractivity contribution in [1.82, 2.24) is 8.61 Å². The Balaban J connectivity index is 1.58. The van der Waals surface area contributed by atoms with E-state index in [-0.39, 0.29) is 79.4 Å². The van der Waals surface area contributed by atoms with Gasteiger partial charge in [0.1, 0.15) is 11.5 Å². The first-order valence-corrected chi connectivity index (χ1v) is 26.5. The maximum absolute atomic E-state index is 15.0. The van der Waals surface area contributed by atoms with Crippen molar-refractivity contribution in [1.29, 1.82) is 0 Å². The molecular formula is C54H76N2O8S2. The summed E-state index contributed by atoms with van der Waals surface area (Å²) in [5.41, 5.74) is 3.16. The third-order valence-corrected chi connectivity index (χ3v) is 17.8. The van der Waals surface area contributed by atoms with Gasteiger partial charge in [-0.3, -0.25) is 0 Å². The van der Waals surface area contributed by atoms with Gasteiger partial charge in [-0.15, -0.1) is 0 Å². The molecule has 2 N–H and O–H groups in total. The number of ether oxygens (including phenoxy) is 2. The van der Waals surface area contributed by atoms with Crippen molar-refractivity contribution in [2.45, 2.75) is 180 Å². The maximum Gasteiger partial charge on any atom is 0.245 e. The number of benzene rings is 4. The minimum absolute atomic E-state index is 0.0811. The lowest BCUT2D eigenvalue weighted by molar-refractivity contribution is 0.0653. The second-order valence-electron chi connectivity index (χ2n) is 22.9. The number of phenols is 2. The average molecular weight is 945 g/mol. The Labute approximate surface area is 396 Å². The second-order valence-corrected chi connectivity index (χ2v) is 26.6. The molecular weight excluding hydrogens is 869 g/mol. The summed E-state index contributed by atoms with van der Waals surface area (Å²) in [5, 5.41) is 25.5. The number of hydrogen-bond donors (Lipinski definition) is 2. The van der Waals surface area contributed by atoms with Gasteiger partial charge in [-0.2, -0.15) is 8.61 Å². The molecule has 0 spiro atoms. The van der Waals surface area contributed by atoms with Crippen molar-refractivity contribution < 1.29 is 36.5 Å². The van der Waals surface area contributed by atoms with Crippen LogP contribution in [0.1, 0.15) is 169 Å². The quantitative estimate of drug-likeness (QED) is 0.152. The van der Waals surface area contributed by atoms with Crippen LogP contribution in [-0.2, 0) is 51.2 Å². The molecule has 6 atom stereocenters. The van der Waals surface area contributed by atoms with E-state index in [4.69, 9.17) is 9.47 Å². The third-order valence-electron chi connectivity index (χ3n) is 14.0. The molecule has 10 nitrogen and oxygen atoms in total.